The van der Waals surface area contributed by atoms with E-state index in [1.165, 1.54) is 53.3 Å². The second kappa shape index (κ2) is 8.31. The molecule has 0 aliphatic rings. The molecule has 0 aromatic heterocycles. The average molecular weight is 402 g/mol. The molecule has 10 heteroatoms. The Hall–Kier alpha value is -2.72. The van der Waals surface area contributed by atoms with Gasteiger partial charge in [0.1, 0.15) is 12.4 Å². The molecule has 0 aliphatic heterocycles. The van der Waals surface area contributed by atoms with Gasteiger partial charge < -0.3 is 5.32 Å². The Kier molecular flexibility index (Phi) is 6.34. The summed E-state index contributed by atoms with van der Waals surface area (Å²) >= 11 is 0. The molecule has 0 aliphatic carbocycles. The van der Waals surface area contributed by atoms with Gasteiger partial charge in [0, 0.05) is 11.8 Å². The van der Waals surface area contributed by atoms with E-state index in [0.717, 1.165) is 12.1 Å². The molecule has 144 valence electrons. The van der Waals surface area contributed by atoms with Gasteiger partial charge in [0.25, 0.3) is 0 Å². The number of alkyl halides is 3. The van der Waals surface area contributed by atoms with Crippen molar-refractivity contribution in [2.24, 2.45) is 0 Å². The fourth-order valence-corrected chi connectivity index (χ4v) is 2.92. The molecule has 0 spiro atoms. The minimum atomic E-state index is -4.67. The average Bonchev–Trinajstić information content (AvgIpc) is 2.60. The van der Waals surface area contributed by atoms with Crippen molar-refractivity contribution in [1.29, 1.82) is 0 Å². The molecule has 2 rings (SSSR count). The van der Waals surface area contributed by atoms with Gasteiger partial charge in [-0.15, -0.1) is 0 Å². The highest BCUT2D eigenvalue weighted by molar-refractivity contribution is 7.89. The third-order valence-electron chi connectivity index (χ3n) is 3.19. The van der Waals surface area contributed by atoms with Gasteiger partial charge in [-0.05, 0) is 48.0 Å². The van der Waals surface area contributed by atoms with Crippen LogP contribution in [0.2, 0.25) is 0 Å². The number of carbonyl (C=O) groups excluding carboxylic acids is 1. The molecule has 5 nitrogen and oxygen atoms in total. The zero-order valence-electron chi connectivity index (χ0n) is 13.6. The van der Waals surface area contributed by atoms with Crippen LogP contribution in [-0.2, 0) is 14.8 Å². The standard InChI is InChI=1S/C17H14F4N2O3S/c18-13-4-1-12(2-5-13)3-10-16(24)23-14-6-8-15(9-7-14)27(25,26)22-11-17(19,20)21/h1-10,22H,11H2,(H,23,24)/b10-3+. The number of rotatable bonds is 6. The van der Waals surface area contributed by atoms with Crippen LogP contribution >= 0.6 is 0 Å². The molecule has 0 fully saturated rings. The lowest BCUT2D eigenvalue weighted by atomic mass is 10.2. The second-order valence-electron chi connectivity index (χ2n) is 5.34. The third-order valence-corrected chi connectivity index (χ3v) is 4.61. The molecule has 27 heavy (non-hydrogen) atoms. The monoisotopic (exact) mass is 402 g/mol. The summed E-state index contributed by atoms with van der Waals surface area (Å²) in [5, 5.41) is 2.46. The van der Waals surface area contributed by atoms with Crippen LogP contribution in [0.15, 0.2) is 59.5 Å². The van der Waals surface area contributed by atoms with Crippen LogP contribution in [0, 0.1) is 5.82 Å². The maximum absolute atomic E-state index is 12.8. The number of anilines is 1. The largest absolute Gasteiger partial charge is 0.402 e. The number of hydrogen-bond acceptors (Lipinski definition) is 3. The van der Waals surface area contributed by atoms with Crippen LogP contribution in [0.5, 0.6) is 0 Å². The van der Waals surface area contributed by atoms with E-state index >= 15 is 0 Å². The normalized spacial score (nSPS) is 12.3. The summed E-state index contributed by atoms with van der Waals surface area (Å²) in [6.07, 6.45) is -2.02. The number of sulfonamides is 1. The highest BCUT2D eigenvalue weighted by Crippen LogP contribution is 2.17. The van der Waals surface area contributed by atoms with Crippen molar-refractivity contribution in [2.75, 3.05) is 11.9 Å². The minimum Gasteiger partial charge on any atom is -0.323 e. The number of carbonyl (C=O) groups is 1. The lowest BCUT2D eigenvalue weighted by molar-refractivity contribution is -0.121. The molecule has 1 amide bonds. The fourth-order valence-electron chi connectivity index (χ4n) is 1.91. The van der Waals surface area contributed by atoms with Crippen molar-refractivity contribution in [3.8, 4) is 0 Å². The Morgan fingerprint density at radius 2 is 1.59 bits per heavy atom. The fraction of sp³-hybridized carbons (Fsp3) is 0.118. The molecule has 2 aromatic rings. The molecule has 0 saturated carbocycles. The molecular formula is C17H14F4N2O3S. The summed E-state index contributed by atoms with van der Waals surface area (Å²) in [7, 11) is -4.32. The summed E-state index contributed by atoms with van der Waals surface area (Å²) in [5.41, 5.74) is 0.849. The Morgan fingerprint density at radius 3 is 2.15 bits per heavy atom. The molecule has 0 heterocycles. The lowest BCUT2D eigenvalue weighted by Crippen LogP contribution is -2.33. The summed E-state index contributed by atoms with van der Waals surface area (Å²) in [4.78, 5) is 11.5. The summed E-state index contributed by atoms with van der Waals surface area (Å²) in [6.45, 7) is -1.68. The second-order valence-corrected chi connectivity index (χ2v) is 7.11. The zero-order valence-corrected chi connectivity index (χ0v) is 14.4. The van der Waals surface area contributed by atoms with Crippen LogP contribution < -0.4 is 10.0 Å². The van der Waals surface area contributed by atoms with Gasteiger partial charge in [-0.3, -0.25) is 4.79 Å². The minimum absolute atomic E-state index is 0.249. The topological polar surface area (TPSA) is 75.3 Å². The third kappa shape index (κ3) is 6.83. The molecule has 0 atom stereocenters. The van der Waals surface area contributed by atoms with Crippen molar-refractivity contribution in [3.05, 3.63) is 66.0 Å². The molecular weight excluding hydrogens is 388 g/mol. The smallest absolute Gasteiger partial charge is 0.323 e. The molecule has 0 radical (unpaired) electrons. The highest BCUT2D eigenvalue weighted by atomic mass is 32.2. The van der Waals surface area contributed by atoms with E-state index in [2.05, 4.69) is 5.32 Å². The van der Waals surface area contributed by atoms with Gasteiger partial charge in [0.15, 0.2) is 0 Å². The van der Waals surface area contributed by atoms with Gasteiger partial charge in [0.2, 0.25) is 15.9 Å². The number of halogens is 4. The molecule has 2 N–H and O–H groups in total. The molecule has 0 unspecified atom stereocenters. The number of nitrogens with one attached hydrogen (secondary N) is 2. The van der Waals surface area contributed by atoms with Crippen LogP contribution in [0.3, 0.4) is 0 Å². The van der Waals surface area contributed by atoms with E-state index in [-0.39, 0.29) is 10.6 Å². The number of hydrogen-bond donors (Lipinski definition) is 2. The van der Waals surface area contributed by atoms with E-state index in [0.29, 0.717) is 5.56 Å². The maximum Gasteiger partial charge on any atom is 0.402 e. The quantitative estimate of drug-likeness (QED) is 0.575. The van der Waals surface area contributed by atoms with E-state index < -0.39 is 34.5 Å². The molecule has 2 aromatic carbocycles. The van der Waals surface area contributed by atoms with Gasteiger partial charge >= 0.3 is 6.18 Å². The first-order valence-corrected chi connectivity index (χ1v) is 8.95. The zero-order chi connectivity index (χ0) is 20.1. The molecule has 0 bridgehead atoms. The Balaban J connectivity index is 1.98. The lowest BCUT2D eigenvalue weighted by Gasteiger charge is -2.10. The summed E-state index contributed by atoms with van der Waals surface area (Å²) in [5.74, 6) is -0.929. The van der Waals surface area contributed by atoms with Crippen LogP contribution in [0.4, 0.5) is 23.2 Å². The van der Waals surface area contributed by atoms with E-state index in [1.54, 1.807) is 0 Å². The van der Waals surface area contributed by atoms with Crippen LogP contribution in [0.25, 0.3) is 6.08 Å². The van der Waals surface area contributed by atoms with Crippen molar-refractivity contribution < 1.29 is 30.8 Å². The first-order chi connectivity index (χ1) is 12.5. The van der Waals surface area contributed by atoms with Crippen LogP contribution in [0.1, 0.15) is 5.56 Å². The van der Waals surface area contributed by atoms with E-state index in [4.69, 9.17) is 0 Å². The predicted molar refractivity (Wildman–Crippen MR) is 91.7 cm³/mol. The van der Waals surface area contributed by atoms with Crippen LogP contribution in [-0.4, -0.2) is 27.0 Å². The number of amides is 1. The SMILES string of the molecule is O=C(/C=C/c1ccc(F)cc1)Nc1ccc(S(=O)(=O)NCC(F)(F)F)cc1. The van der Waals surface area contributed by atoms with Crippen molar-refractivity contribution in [3.63, 3.8) is 0 Å². The van der Waals surface area contributed by atoms with Crippen molar-refractivity contribution in [2.45, 2.75) is 11.1 Å². The first-order valence-electron chi connectivity index (χ1n) is 7.46. The molecule has 0 saturated heterocycles. The Bertz CT molecular complexity index is 922. The van der Waals surface area contributed by atoms with E-state index in [9.17, 15) is 30.8 Å². The predicted octanol–water partition coefficient (Wildman–Crippen LogP) is 3.32. The number of benzene rings is 2. The summed E-state index contributed by atoms with van der Waals surface area (Å²) in [6, 6.07) is 10.1. The maximum atomic E-state index is 12.8. The first kappa shape index (κ1) is 20.6. The summed E-state index contributed by atoms with van der Waals surface area (Å²) < 4.78 is 74.1. The highest BCUT2D eigenvalue weighted by Gasteiger charge is 2.30. The Labute approximate surface area is 152 Å². The van der Waals surface area contributed by atoms with Gasteiger partial charge in [-0.25, -0.2) is 17.5 Å². The Morgan fingerprint density at radius 1 is 1.00 bits per heavy atom. The van der Waals surface area contributed by atoms with Crippen molar-refractivity contribution >= 4 is 27.7 Å². The van der Waals surface area contributed by atoms with Gasteiger partial charge in [-0.1, -0.05) is 12.1 Å². The van der Waals surface area contributed by atoms with Gasteiger partial charge in [-0.2, -0.15) is 13.2 Å². The van der Waals surface area contributed by atoms with E-state index in [1.807, 2.05) is 0 Å². The van der Waals surface area contributed by atoms with Crippen molar-refractivity contribution in [1.82, 2.24) is 4.72 Å². The van der Waals surface area contributed by atoms with Gasteiger partial charge in [0.05, 0.1) is 4.90 Å².